The molecular weight excluding hydrogens is 202 g/mol. The summed E-state index contributed by atoms with van der Waals surface area (Å²) in [6.07, 6.45) is 4.31. The molecule has 0 amide bonds. The van der Waals surface area contributed by atoms with Crippen molar-refractivity contribution in [2.75, 3.05) is 0 Å². The molecule has 3 nitrogen and oxygen atoms in total. The topological polar surface area (TPSA) is 43.1 Å². The summed E-state index contributed by atoms with van der Waals surface area (Å²) in [6.45, 7) is 1.97. The van der Waals surface area contributed by atoms with Crippen LogP contribution < -0.4 is 0 Å². The number of rotatable bonds is 4. The molecule has 0 spiro atoms. The molecule has 0 aliphatic rings. The van der Waals surface area contributed by atoms with Gasteiger partial charge in [0.2, 0.25) is 0 Å². The highest BCUT2D eigenvalue weighted by atomic mass is 16.3. The van der Waals surface area contributed by atoms with E-state index in [0.717, 1.165) is 17.9 Å². The molecule has 2 aromatic rings. The lowest BCUT2D eigenvalue weighted by molar-refractivity contribution is 0.0990. The number of aryl methyl sites for hydroxylation is 1. The molecule has 0 aromatic carbocycles. The number of furan rings is 1. The molecule has 82 valence electrons. The molecule has 0 aliphatic heterocycles. The number of pyridine rings is 1. The molecule has 0 radical (unpaired) electrons. The average molecular weight is 215 g/mol. The Labute approximate surface area is 94.1 Å². The van der Waals surface area contributed by atoms with E-state index < -0.39 is 0 Å². The molecule has 0 unspecified atom stereocenters. The third-order valence-electron chi connectivity index (χ3n) is 2.43. The number of nitrogens with zero attached hydrogens (tertiary/aromatic N) is 1. The molecule has 0 saturated carbocycles. The molecule has 0 atom stereocenters. The minimum absolute atomic E-state index is 0.0595. The largest absolute Gasteiger partial charge is 0.469 e. The first-order valence-electron chi connectivity index (χ1n) is 5.30. The van der Waals surface area contributed by atoms with Crippen LogP contribution in [0.2, 0.25) is 0 Å². The van der Waals surface area contributed by atoms with Gasteiger partial charge in [-0.15, -0.1) is 0 Å². The molecular formula is C13H13NO2. The van der Waals surface area contributed by atoms with E-state index in [2.05, 4.69) is 4.98 Å². The van der Waals surface area contributed by atoms with Crippen LogP contribution in [0.1, 0.15) is 28.7 Å². The molecule has 0 N–H and O–H groups in total. The van der Waals surface area contributed by atoms with Crippen LogP contribution in [0.3, 0.4) is 0 Å². The van der Waals surface area contributed by atoms with E-state index in [9.17, 15) is 4.79 Å². The van der Waals surface area contributed by atoms with E-state index in [0.29, 0.717) is 12.0 Å². The van der Waals surface area contributed by atoms with E-state index in [4.69, 9.17) is 4.42 Å². The van der Waals surface area contributed by atoms with Gasteiger partial charge in [-0.05, 0) is 18.2 Å². The van der Waals surface area contributed by atoms with Gasteiger partial charge < -0.3 is 4.42 Å². The second-order valence-corrected chi connectivity index (χ2v) is 3.53. The zero-order valence-corrected chi connectivity index (χ0v) is 9.14. The lowest BCUT2D eigenvalue weighted by Crippen LogP contribution is -2.05. The Morgan fingerprint density at radius 2 is 2.25 bits per heavy atom. The van der Waals surface area contributed by atoms with Crippen molar-refractivity contribution in [2.24, 2.45) is 0 Å². The van der Waals surface area contributed by atoms with Gasteiger partial charge in [0.15, 0.2) is 5.78 Å². The van der Waals surface area contributed by atoms with Crippen LogP contribution in [-0.2, 0) is 12.8 Å². The molecule has 2 heterocycles. The van der Waals surface area contributed by atoms with Crippen LogP contribution in [0.15, 0.2) is 41.1 Å². The van der Waals surface area contributed by atoms with Gasteiger partial charge in [0.1, 0.15) is 5.76 Å². The van der Waals surface area contributed by atoms with Crippen molar-refractivity contribution in [3.05, 3.63) is 53.7 Å². The zero-order chi connectivity index (χ0) is 11.4. The monoisotopic (exact) mass is 215 g/mol. The predicted octanol–water partition coefficient (Wildman–Crippen LogP) is 2.66. The van der Waals surface area contributed by atoms with Crippen molar-refractivity contribution in [1.82, 2.24) is 4.98 Å². The summed E-state index contributed by atoms with van der Waals surface area (Å²) >= 11 is 0. The highest BCUT2D eigenvalue weighted by Gasteiger charge is 2.13. The number of hydrogen-bond donors (Lipinski definition) is 0. The first-order valence-corrected chi connectivity index (χ1v) is 5.30. The summed E-state index contributed by atoms with van der Waals surface area (Å²) in [4.78, 5) is 16.1. The maximum atomic E-state index is 12.0. The fourth-order valence-electron chi connectivity index (χ4n) is 1.63. The van der Waals surface area contributed by atoms with Gasteiger partial charge in [-0.25, -0.2) is 0 Å². The maximum absolute atomic E-state index is 12.0. The zero-order valence-electron chi connectivity index (χ0n) is 9.14. The van der Waals surface area contributed by atoms with Gasteiger partial charge in [0.05, 0.1) is 18.2 Å². The Morgan fingerprint density at radius 3 is 2.94 bits per heavy atom. The number of hydrogen-bond acceptors (Lipinski definition) is 3. The molecule has 0 fully saturated rings. The van der Waals surface area contributed by atoms with E-state index >= 15 is 0 Å². The van der Waals surface area contributed by atoms with Crippen molar-refractivity contribution in [3.63, 3.8) is 0 Å². The lowest BCUT2D eigenvalue weighted by atomic mass is 10.1. The summed E-state index contributed by atoms with van der Waals surface area (Å²) in [5, 5.41) is 0. The SMILES string of the molecule is CCc1occc1C(=O)Cc1ccccn1. The van der Waals surface area contributed by atoms with Gasteiger partial charge >= 0.3 is 0 Å². The lowest BCUT2D eigenvalue weighted by Gasteiger charge is -1.99. The molecule has 3 heteroatoms. The van der Waals surface area contributed by atoms with Gasteiger partial charge in [0, 0.05) is 18.3 Å². The Kier molecular flexibility index (Phi) is 3.15. The minimum Gasteiger partial charge on any atom is -0.469 e. The third-order valence-corrected chi connectivity index (χ3v) is 2.43. The molecule has 0 aliphatic carbocycles. The Hall–Kier alpha value is -1.90. The number of Topliss-reactive ketones (excluding diaryl/α,β-unsaturated/α-hetero) is 1. The normalized spacial score (nSPS) is 10.3. The standard InChI is InChI=1S/C13H13NO2/c1-2-13-11(6-8-16-13)12(15)9-10-5-3-4-7-14-10/h3-8H,2,9H2,1H3. The van der Waals surface area contributed by atoms with Crippen LogP contribution in [0, 0.1) is 0 Å². The number of ketones is 1. The van der Waals surface area contributed by atoms with Crippen LogP contribution in [0.25, 0.3) is 0 Å². The summed E-state index contributed by atoms with van der Waals surface area (Å²) < 4.78 is 5.23. The Balaban J connectivity index is 2.15. The van der Waals surface area contributed by atoms with E-state index in [1.807, 2.05) is 25.1 Å². The fourth-order valence-corrected chi connectivity index (χ4v) is 1.63. The van der Waals surface area contributed by atoms with Crippen molar-refractivity contribution >= 4 is 5.78 Å². The molecule has 2 rings (SSSR count). The number of carbonyl (C=O) groups excluding carboxylic acids is 1. The molecule has 0 saturated heterocycles. The fraction of sp³-hybridized carbons (Fsp3) is 0.231. The second-order valence-electron chi connectivity index (χ2n) is 3.53. The van der Waals surface area contributed by atoms with Crippen molar-refractivity contribution in [1.29, 1.82) is 0 Å². The third kappa shape index (κ3) is 2.19. The van der Waals surface area contributed by atoms with E-state index in [-0.39, 0.29) is 5.78 Å². The summed E-state index contributed by atoms with van der Waals surface area (Å²) in [5.41, 5.74) is 1.46. The van der Waals surface area contributed by atoms with Gasteiger partial charge in [-0.1, -0.05) is 13.0 Å². The van der Waals surface area contributed by atoms with Crippen LogP contribution in [-0.4, -0.2) is 10.8 Å². The quantitative estimate of drug-likeness (QED) is 0.736. The first-order chi connectivity index (χ1) is 7.81. The molecule has 0 bridgehead atoms. The first kappa shape index (κ1) is 10.6. The van der Waals surface area contributed by atoms with Gasteiger partial charge in [-0.3, -0.25) is 9.78 Å². The average Bonchev–Trinajstić information content (AvgIpc) is 2.78. The van der Waals surface area contributed by atoms with Crippen molar-refractivity contribution in [2.45, 2.75) is 19.8 Å². The van der Waals surface area contributed by atoms with Crippen LogP contribution in [0.4, 0.5) is 0 Å². The van der Waals surface area contributed by atoms with Gasteiger partial charge in [-0.2, -0.15) is 0 Å². The highest BCUT2D eigenvalue weighted by Crippen LogP contribution is 2.13. The summed E-state index contributed by atoms with van der Waals surface area (Å²) in [5.74, 6) is 0.810. The van der Waals surface area contributed by atoms with E-state index in [1.165, 1.54) is 0 Å². The maximum Gasteiger partial charge on any atom is 0.172 e. The van der Waals surface area contributed by atoms with E-state index in [1.54, 1.807) is 18.5 Å². The highest BCUT2D eigenvalue weighted by molar-refractivity contribution is 5.98. The number of aromatic nitrogens is 1. The smallest absolute Gasteiger partial charge is 0.172 e. The van der Waals surface area contributed by atoms with Gasteiger partial charge in [0.25, 0.3) is 0 Å². The van der Waals surface area contributed by atoms with Crippen LogP contribution in [0.5, 0.6) is 0 Å². The minimum atomic E-state index is 0.0595. The summed E-state index contributed by atoms with van der Waals surface area (Å²) in [6, 6.07) is 7.29. The predicted molar refractivity (Wildman–Crippen MR) is 60.4 cm³/mol. The summed E-state index contributed by atoms with van der Waals surface area (Å²) in [7, 11) is 0. The number of carbonyl (C=O) groups is 1. The van der Waals surface area contributed by atoms with Crippen molar-refractivity contribution < 1.29 is 9.21 Å². The Morgan fingerprint density at radius 1 is 1.38 bits per heavy atom. The second kappa shape index (κ2) is 4.75. The van der Waals surface area contributed by atoms with Crippen LogP contribution >= 0.6 is 0 Å². The van der Waals surface area contributed by atoms with Crippen molar-refractivity contribution in [3.8, 4) is 0 Å². The Bertz CT molecular complexity index is 474. The molecule has 2 aromatic heterocycles. The molecule has 16 heavy (non-hydrogen) atoms.